The van der Waals surface area contributed by atoms with E-state index in [0.29, 0.717) is 28.3 Å². The summed E-state index contributed by atoms with van der Waals surface area (Å²) in [5.74, 6) is 1.12. The number of rotatable bonds is 5. The van der Waals surface area contributed by atoms with Gasteiger partial charge in [0.05, 0.1) is 12.1 Å². The topological polar surface area (TPSA) is 35.2 Å². The molecule has 0 saturated carbocycles. The zero-order valence-corrected chi connectivity index (χ0v) is 11.1. The van der Waals surface area contributed by atoms with E-state index in [0.717, 1.165) is 18.4 Å². The first-order valence-electron chi connectivity index (χ1n) is 5.31. The molecule has 1 atom stereocenters. The number of halogens is 2. The maximum Gasteiger partial charge on any atom is 0.138 e. The molecule has 0 aromatic heterocycles. The van der Waals surface area contributed by atoms with Gasteiger partial charge in [-0.15, -0.1) is 0 Å². The van der Waals surface area contributed by atoms with Crippen molar-refractivity contribution >= 4 is 23.2 Å². The van der Waals surface area contributed by atoms with Crippen LogP contribution in [0.2, 0.25) is 10.0 Å². The highest BCUT2D eigenvalue weighted by Gasteiger charge is 2.12. The van der Waals surface area contributed by atoms with Crippen molar-refractivity contribution in [2.45, 2.75) is 19.8 Å². The summed E-state index contributed by atoms with van der Waals surface area (Å²) in [4.78, 5) is 0. The summed E-state index contributed by atoms with van der Waals surface area (Å²) in [6.45, 7) is 2.85. The minimum atomic E-state index is 0.488. The van der Waals surface area contributed by atoms with Gasteiger partial charge in [0, 0.05) is 0 Å². The van der Waals surface area contributed by atoms with E-state index < -0.39 is 0 Å². The molecule has 1 aromatic rings. The number of benzene rings is 1. The molecule has 0 aliphatic heterocycles. The standard InChI is InChI=1S/C12H17Cl2NO/c1-8(5-6-15)7-9-3-4-10(16-2)12(14)11(9)13/h3-4,8H,5-7,15H2,1-2H3. The minimum absolute atomic E-state index is 0.488. The van der Waals surface area contributed by atoms with Crippen molar-refractivity contribution in [3.63, 3.8) is 0 Å². The highest BCUT2D eigenvalue weighted by atomic mass is 35.5. The second-order valence-electron chi connectivity index (χ2n) is 3.94. The largest absolute Gasteiger partial charge is 0.495 e. The van der Waals surface area contributed by atoms with Gasteiger partial charge in [0.2, 0.25) is 0 Å². The van der Waals surface area contributed by atoms with Crippen LogP contribution in [0, 0.1) is 5.92 Å². The van der Waals surface area contributed by atoms with Crippen molar-refractivity contribution < 1.29 is 4.74 Å². The molecule has 1 aromatic carbocycles. The summed E-state index contributed by atoms with van der Waals surface area (Å²) >= 11 is 12.3. The van der Waals surface area contributed by atoms with E-state index in [-0.39, 0.29) is 0 Å². The monoisotopic (exact) mass is 261 g/mol. The molecule has 90 valence electrons. The summed E-state index contributed by atoms with van der Waals surface area (Å²) < 4.78 is 5.10. The summed E-state index contributed by atoms with van der Waals surface area (Å²) in [5, 5.41) is 1.08. The maximum atomic E-state index is 6.18. The lowest BCUT2D eigenvalue weighted by Gasteiger charge is -2.13. The quantitative estimate of drug-likeness (QED) is 0.881. The van der Waals surface area contributed by atoms with Crippen LogP contribution in [0.15, 0.2) is 12.1 Å². The van der Waals surface area contributed by atoms with Gasteiger partial charge < -0.3 is 10.5 Å². The second kappa shape index (κ2) is 6.33. The van der Waals surface area contributed by atoms with E-state index in [9.17, 15) is 0 Å². The highest BCUT2D eigenvalue weighted by molar-refractivity contribution is 6.43. The Morgan fingerprint density at radius 3 is 2.56 bits per heavy atom. The van der Waals surface area contributed by atoms with Crippen LogP contribution in [-0.4, -0.2) is 13.7 Å². The smallest absolute Gasteiger partial charge is 0.138 e. The second-order valence-corrected chi connectivity index (χ2v) is 4.70. The first kappa shape index (κ1) is 13.6. The molecule has 0 fully saturated rings. The third-order valence-corrected chi connectivity index (χ3v) is 3.48. The number of nitrogens with two attached hydrogens (primary N) is 1. The Morgan fingerprint density at radius 2 is 2.00 bits per heavy atom. The molecule has 2 nitrogen and oxygen atoms in total. The molecule has 0 spiro atoms. The molecule has 0 radical (unpaired) electrons. The van der Waals surface area contributed by atoms with Crippen molar-refractivity contribution in [2.75, 3.05) is 13.7 Å². The number of hydrogen-bond acceptors (Lipinski definition) is 2. The van der Waals surface area contributed by atoms with Crippen LogP contribution in [0.3, 0.4) is 0 Å². The highest BCUT2D eigenvalue weighted by Crippen LogP contribution is 2.35. The van der Waals surface area contributed by atoms with Crippen molar-refractivity contribution in [1.82, 2.24) is 0 Å². The van der Waals surface area contributed by atoms with Crippen LogP contribution < -0.4 is 10.5 Å². The number of methoxy groups -OCH3 is 1. The van der Waals surface area contributed by atoms with E-state index in [1.165, 1.54) is 0 Å². The van der Waals surface area contributed by atoms with Gasteiger partial charge in [-0.2, -0.15) is 0 Å². The average Bonchev–Trinajstić information content (AvgIpc) is 2.25. The van der Waals surface area contributed by atoms with Crippen LogP contribution in [0.5, 0.6) is 5.75 Å². The molecule has 0 heterocycles. The molecule has 0 aliphatic carbocycles. The third kappa shape index (κ3) is 3.27. The Balaban J connectivity index is 2.86. The van der Waals surface area contributed by atoms with Crippen LogP contribution >= 0.6 is 23.2 Å². The first-order chi connectivity index (χ1) is 7.60. The predicted molar refractivity (Wildman–Crippen MR) is 69.6 cm³/mol. The van der Waals surface area contributed by atoms with Crippen LogP contribution in [0.4, 0.5) is 0 Å². The Hall–Kier alpha value is -0.440. The fourth-order valence-electron chi connectivity index (χ4n) is 1.65. The van der Waals surface area contributed by atoms with E-state index >= 15 is 0 Å². The fourth-order valence-corrected chi connectivity index (χ4v) is 2.14. The lowest BCUT2D eigenvalue weighted by Crippen LogP contribution is -2.08. The average molecular weight is 262 g/mol. The molecule has 0 saturated heterocycles. The molecule has 0 amide bonds. The van der Waals surface area contributed by atoms with Gasteiger partial charge in [-0.3, -0.25) is 0 Å². The van der Waals surface area contributed by atoms with E-state index in [1.807, 2.05) is 12.1 Å². The zero-order valence-electron chi connectivity index (χ0n) is 9.59. The first-order valence-corrected chi connectivity index (χ1v) is 6.06. The van der Waals surface area contributed by atoms with Crippen LogP contribution in [0.25, 0.3) is 0 Å². The maximum absolute atomic E-state index is 6.18. The Bertz CT molecular complexity index is 355. The summed E-state index contributed by atoms with van der Waals surface area (Å²) in [6, 6.07) is 3.80. The third-order valence-electron chi connectivity index (χ3n) is 2.57. The molecular weight excluding hydrogens is 245 g/mol. The van der Waals surface area contributed by atoms with E-state index in [4.69, 9.17) is 33.7 Å². The van der Waals surface area contributed by atoms with Gasteiger partial charge in [-0.1, -0.05) is 36.2 Å². The van der Waals surface area contributed by atoms with Crippen molar-refractivity contribution in [2.24, 2.45) is 11.7 Å². The van der Waals surface area contributed by atoms with Crippen molar-refractivity contribution in [3.8, 4) is 5.75 Å². The molecule has 1 unspecified atom stereocenters. The Labute approximate surface area is 107 Å². The van der Waals surface area contributed by atoms with Gasteiger partial charge in [-0.25, -0.2) is 0 Å². The Morgan fingerprint density at radius 1 is 1.31 bits per heavy atom. The van der Waals surface area contributed by atoms with E-state index in [2.05, 4.69) is 6.92 Å². The minimum Gasteiger partial charge on any atom is -0.495 e. The molecule has 0 bridgehead atoms. The number of ether oxygens (including phenoxy) is 1. The Kier molecular flexibility index (Phi) is 5.39. The summed E-state index contributed by atoms with van der Waals surface area (Å²) in [5.41, 5.74) is 6.57. The van der Waals surface area contributed by atoms with Gasteiger partial charge in [0.1, 0.15) is 10.8 Å². The summed E-state index contributed by atoms with van der Waals surface area (Å²) in [6.07, 6.45) is 1.87. The lowest BCUT2D eigenvalue weighted by molar-refractivity contribution is 0.414. The summed E-state index contributed by atoms with van der Waals surface area (Å²) in [7, 11) is 1.58. The van der Waals surface area contributed by atoms with Gasteiger partial charge in [-0.05, 0) is 36.9 Å². The van der Waals surface area contributed by atoms with Crippen LogP contribution in [-0.2, 0) is 6.42 Å². The molecule has 0 aliphatic rings. The molecule has 4 heteroatoms. The lowest BCUT2D eigenvalue weighted by atomic mass is 9.98. The number of hydrogen-bond donors (Lipinski definition) is 1. The predicted octanol–water partition coefficient (Wildman–Crippen LogP) is 3.53. The zero-order chi connectivity index (χ0) is 12.1. The van der Waals surface area contributed by atoms with Gasteiger partial charge >= 0.3 is 0 Å². The molecular formula is C12H17Cl2NO. The molecule has 1 rings (SSSR count). The fraction of sp³-hybridized carbons (Fsp3) is 0.500. The van der Waals surface area contributed by atoms with Gasteiger partial charge in [0.25, 0.3) is 0 Å². The van der Waals surface area contributed by atoms with Crippen LogP contribution in [0.1, 0.15) is 18.9 Å². The molecule has 16 heavy (non-hydrogen) atoms. The normalized spacial score (nSPS) is 12.6. The van der Waals surface area contributed by atoms with E-state index in [1.54, 1.807) is 7.11 Å². The van der Waals surface area contributed by atoms with Crippen molar-refractivity contribution in [3.05, 3.63) is 27.7 Å². The van der Waals surface area contributed by atoms with Crippen molar-refractivity contribution in [1.29, 1.82) is 0 Å². The van der Waals surface area contributed by atoms with Gasteiger partial charge in [0.15, 0.2) is 0 Å². The molecule has 2 N–H and O–H groups in total. The SMILES string of the molecule is COc1ccc(CC(C)CCN)c(Cl)c1Cl.